The van der Waals surface area contributed by atoms with Crippen LogP contribution in [0, 0.1) is 32.4 Å². The van der Waals surface area contributed by atoms with E-state index in [1.807, 2.05) is 24.9 Å². The van der Waals surface area contributed by atoms with E-state index >= 15 is 0 Å². The third-order valence-electron chi connectivity index (χ3n) is 19.4. The van der Waals surface area contributed by atoms with Gasteiger partial charge in [-0.1, -0.05) is 177 Å². The first kappa shape index (κ1) is 81.9. The van der Waals surface area contributed by atoms with Crippen molar-refractivity contribution in [1.82, 2.24) is 0 Å². The fourth-order valence-corrected chi connectivity index (χ4v) is 19.5. The van der Waals surface area contributed by atoms with Crippen LogP contribution in [-0.4, -0.2) is 39.6 Å². The summed E-state index contributed by atoms with van der Waals surface area (Å²) in [6.45, 7) is 14.4. The van der Waals surface area contributed by atoms with Crippen molar-refractivity contribution in [1.29, 1.82) is 0 Å². The van der Waals surface area contributed by atoms with Gasteiger partial charge in [-0.3, -0.25) is 0 Å². The van der Waals surface area contributed by atoms with E-state index in [0.717, 1.165) is 110 Å². The second-order valence-electron chi connectivity index (χ2n) is 27.4. The minimum atomic E-state index is -2.46. The van der Waals surface area contributed by atoms with Gasteiger partial charge < -0.3 is 9.47 Å². The normalized spacial score (nSPS) is 15.1. The Morgan fingerprint density at radius 1 is 0.415 bits per heavy atom. The summed E-state index contributed by atoms with van der Waals surface area (Å²) in [7, 11) is -2.46. The van der Waals surface area contributed by atoms with Gasteiger partial charge in [0.15, 0.2) is 0 Å². The SMILES string of the molecule is CC=C1COCC1=CC(/C=C/c1ccc(/C=C/C(C=C2COCC2=C/C=C/c2ccc(C#Cc3cc(OCCCCCCCCCCCC)c(C#Cc4ccc(/C=C/C)cc4)cc3OCCCCCCCCCCCC)cc2)=C(C)[C]#[Os])cc1)=C([C]#[Os])[P+](c1ccccc1)(c1ccccc1)c1ccccc1. The molecule has 0 unspecified atom stereocenters. The van der Waals surface area contributed by atoms with Crippen LogP contribution < -0.4 is 25.4 Å². The van der Waals surface area contributed by atoms with Crippen molar-refractivity contribution in [2.45, 2.75) is 163 Å². The van der Waals surface area contributed by atoms with Crippen LogP contribution in [0.5, 0.6) is 11.5 Å². The molecule has 0 atom stereocenters. The van der Waals surface area contributed by atoms with Gasteiger partial charge in [-0.2, -0.15) is 0 Å². The van der Waals surface area contributed by atoms with E-state index < -0.39 is 7.26 Å². The van der Waals surface area contributed by atoms with Crippen LogP contribution in [0.1, 0.15) is 208 Å². The molecular formula is C99H108O4Os2P+. The Balaban J connectivity index is 0.909. The fourth-order valence-electron chi connectivity index (χ4n) is 13.3. The van der Waals surface area contributed by atoms with Crippen molar-refractivity contribution in [3.63, 3.8) is 0 Å². The second kappa shape index (κ2) is 46.8. The summed E-state index contributed by atoms with van der Waals surface area (Å²) in [5, 5.41) is 5.04. The molecule has 7 aromatic carbocycles. The molecule has 2 aliphatic rings. The maximum atomic E-state index is 6.68. The van der Waals surface area contributed by atoms with Crippen molar-refractivity contribution in [2.24, 2.45) is 0 Å². The Labute approximate surface area is 657 Å². The van der Waals surface area contributed by atoms with Gasteiger partial charge in [0.1, 0.15) is 11.5 Å². The molecule has 2 saturated heterocycles. The summed E-state index contributed by atoms with van der Waals surface area (Å²) in [4.78, 5) is 0. The van der Waals surface area contributed by atoms with Crippen molar-refractivity contribution >= 4 is 47.5 Å². The molecule has 9 rings (SSSR count). The zero-order valence-corrected chi connectivity index (χ0v) is 69.3. The van der Waals surface area contributed by atoms with Crippen molar-refractivity contribution < 1.29 is 54.8 Å². The van der Waals surface area contributed by atoms with Gasteiger partial charge in [0.25, 0.3) is 0 Å². The van der Waals surface area contributed by atoms with Gasteiger partial charge in [-0.25, -0.2) is 0 Å². The second-order valence-corrected chi connectivity index (χ2v) is 32.0. The van der Waals surface area contributed by atoms with Crippen LogP contribution in [0.15, 0.2) is 269 Å². The van der Waals surface area contributed by atoms with Crippen LogP contribution in [0.3, 0.4) is 0 Å². The average Bonchev–Trinajstić information content (AvgIpc) is 0.763. The molecule has 0 amide bonds. The minimum absolute atomic E-state index is 0.544. The quantitative estimate of drug-likeness (QED) is 0.0168. The summed E-state index contributed by atoms with van der Waals surface area (Å²) in [6, 6.07) is 63.0. The monoisotopic (exact) mass is 1780 g/mol. The van der Waals surface area contributed by atoms with Gasteiger partial charge in [0.2, 0.25) is 0 Å². The maximum absolute atomic E-state index is 6.68. The molecule has 0 saturated carbocycles. The standard InChI is InChI=1S/C99H108O4P.2Os/c1-8-12-14-16-18-20-22-24-26-37-69-102-98-74-91(99(103-70-38-27-25-23-21-19-17-15-13-9-2)73-90(98)67-63-85-53-49-81(40-10-3)50-54-85)68-64-86-55-51-82(52-56-86)41-39-42-92-76-101-78-94(92)71-88(79(5)6)65-61-83-57-59-84(60-58-83)62-66-89(72-93-77-100-75-87(93)11-4)80(7)104(95-43-31-28-32-44-95,96-45-33-29-34-46-96)97-47-35-30-36-48-97;;/h10-11,28-36,39-62,65-66,71-74H,8-9,12-27,37-38,69-70,75-78H2,1-5H3;;/q+1;;/b40-10+,41-39+,65-61+,66-62+,87-11?,88-79?,89-80?,92-42?,93-72?,94-71?;;. The summed E-state index contributed by atoms with van der Waals surface area (Å²) in [6.07, 6.45) is 51.8. The van der Waals surface area contributed by atoms with Crippen molar-refractivity contribution in [3.05, 3.63) is 313 Å². The molecule has 0 bridgehead atoms. The van der Waals surface area contributed by atoms with Gasteiger partial charge in [0, 0.05) is 23.3 Å². The van der Waals surface area contributed by atoms with E-state index in [0.29, 0.717) is 39.6 Å². The van der Waals surface area contributed by atoms with Crippen LogP contribution in [0.25, 0.3) is 24.3 Å². The number of rotatable bonds is 37. The Bertz CT molecular complexity index is 4370. The summed E-state index contributed by atoms with van der Waals surface area (Å²) in [5.74, 6) is 15.5. The molecule has 548 valence electrons. The topological polar surface area (TPSA) is 36.9 Å². The predicted molar refractivity (Wildman–Crippen MR) is 447 cm³/mol. The first-order valence-corrected chi connectivity index (χ1v) is 43.2. The number of benzene rings is 7. The van der Waals surface area contributed by atoms with Gasteiger partial charge in [-0.05, 0) is 37.5 Å². The molecule has 0 N–H and O–H groups in total. The Morgan fingerprint density at radius 2 is 0.792 bits per heavy atom. The molecule has 0 aromatic heterocycles. The number of ether oxygens (including phenoxy) is 4. The zero-order valence-electron chi connectivity index (χ0n) is 63.3. The van der Waals surface area contributed by atoms with Crippen LogP contribution >= 0.6 is 7.26 Å². The molecule has 0 spiro atoms. The summed E-state index contributed by atoms with van der Waals surface area (Å²) in [5.41, 5.74) is 16.0. The van der Waals surface area contributed by atoms with Crippen molar-refractivity contribution in [2.75, 3.05) is 39.6 Å². The molecule has 106 heavy (non-hydrogen) atoms. The van der Waals surface area contributed by atoms with Crippen LogP contribution in [-0.2, 0) is 45.4 Å². The third-order valence-corrected chi connectivity index (χ3v) is 25.8. The number of hydrogen-bond donors (Lipinski definition) is 0. The Kier molecular flexibility index (Phi) is 36.2. The van der Waals surface area contributed by atoms with Gasteiger partial charge in [-0.15, -0.1) is 0 Å². The molecule has 2 heterocycles. The zero-order chi connectivity index (χ0) is 74.1. The Hall–Kier alpha value is -8.16. The van der Waals surface area contributed by atoms with Gasteiger partial charge >= 0.3 is 379 Å². The molecule has 7 heteroatoms. The number of unbranched alkanes of at least 4 members (excludes halogenated alkanes) is 18. The van der Waals surface area contributed by atoms with E-state index in [-0.39, 0.29) is 0 Å². The van der Waals surface area contributed by atoms with Crippen LogP contribution in [0.4, 0.5) is 0 Å². The van der Waals surface area contributed by atoms with E-state index in [1.165, 1.54) is 135 Å². The predicted octanol–water partition coefficient (Wildman–Crippen LogP) is 24.2. The molecular weight excluding hydrogens is 1660 g/mol. The Morgan fingerprint density at radius 3 is 1.22 bits per heavy atom. The molecule has 4 nitrogen and oxygen atoms in total. The van der Waals surface area contributed by atoms with E-state index in [2.05, 4.69) is 309 Å². The van der Waals surface area contributed by atoms with Crippen molar-refractivity contribution in [3.8, 4) is 43.9 Å². The van der Waals surface area contributed by atoms with Gasteiger partial charge in [0.05, 0.1) is 24.3 Å². The first-order valence-electron chi connectivity index (χ1n) is 38.9. The molecule has 7 aromatic rings. The molecule has 2 aliphatic heterocycles. The summed E-state index contributed by atoms with van der Waals surface area (Å²) >= 11 is 3.56. The average molecular weight is 1770 g/mol. The summed E-state index contributed by atoms with van der Waals surface area (Å²) < 4.78 is 32.8. The van der Waals surface area contributed by atoms with Crippen LogP contribution in [0.2, 0.25) is 0 Å². The van der Waals surface area contributed by atoms with E-state index in [4.69, 9.17) is 18.9 Å². The number of allylic oxidation sites excluding steroid dienone is 12. The first-order chi connectivity index (χ1) is 52.3. The fraction of sp³-hybridized carbons (Fsp3) is 0.313. The van der Waals surface area contributed by atoms with E-state index in [1.54, 1.807) is 17.9 Å². The molecule has 0 radical (unpaired) electrons. The third kappa shape index (κ3) is 25.8. The molecule has 2 fully saturated rings. The molecule has 0 aliphatic carbocycles. The number of hydrogen-bond acceptors (Lipinski definition) is 4. The van der Waals surface area contributed by atoms with E-state index in [9.17, 15) is 0 Å².